The van der Waals surface area contributed by atoms with Gasteiger partial charge in [0.05, 0.1) is 10.9 Å². The van der Waals surface area contributed by atoms with Gasteiger partial charge >= 0.3 is 12.0 Å². The van der Waals surface area contributed by atoms with Gasteiger partial charge in [0.15, 0.2) is 0 Å². The monoisotopic (exact) mass is 357 g/mol. The summed E-state index contributed by atoms with van der Waals surface area (Å²) in [6, 6.07) is 5.52. The standard InChI is InChI=1S/C15H23N3O5S/c1-11(17-15(21)16-9-5-8-14(19)20)12-6-4-7-13(10-12)24(22,23)18(2)3/h4,6-7,10-11H,5,8-9H2,1-3H3,(H,19,20)(H2,16,17,21). The number of carboxylic acids is 1. The third-order valence-corrected chi connectivity index (χ3v) is 5.15. The summed E-state index contributed by atoms with van der Waals surface area (Å²) in [6.07, 6.45) is 0.327. The first-order valence-corrected chi connectivity index (χ1v) is 8.87. The molecule has 0 spiro atoms. The van der Waals surface area contributed by atoms with Crippen molar-refractivity contribution in [2.45, 2.75) is 30.7 Å². The highest BCUT2D eigenvalue weighted by atomic mass is 32.2. The molecular weight excluding hydrogens is 334 g/mol. The zero-order valence-corrected chi connectivity index (χ0v) is 14.8. The van der Waals surface area contributed by atoms with Crippen LogP contribution in [0.1, 0.15) is 31.4 Å². The van der Waals surface area contributed by atoms with Gasteiger partial charge in [0.1, 0.15) is 0 Å². The summed E-state index contributed by atoms with van der Waals surface area (Å²) in [5.74, 6) is -0.913. The minimum atomic E-state index is -3.54. The maximum Gasteiger partial charge on any atom is 0.315 e. The van der Waals surface area contributed by atoms with E-state index in [1.165, 1.54) is 26.2 Å². The highest BCUT2D eigenvalue weighted by molar-refractivity contribution is 7.89. The van der Waals surface area contributed by atoms with Crippen LogP contribution in [0.5, 0.6) is 0 Å². The van der Waals surface area contributed by atoms with E-state index < -0.39 is 28.1 Å². The summed E-state index contributed by atoms with van der Waals surface area (Å²) in [6.45, 7) is 1.98. The lowest BCUT2D eigenvalue weighted by Gasteiger charge is -2.17. The number of sulfonamides is 1. The number of amides is 2. The zero-order chi connectivity index (χ0) is 18.3. The number of hydrogen-bond donors (Lipinski definition) is 3. The van der Waals surface area contributed by atoms with Crippen molar-refractivity contribution in [2.75, 3.05) is 20.6 Å². The van der Waals surface area contributed by atoms with Crippen molar-refractivity contribution in [1.82, 2.24) is 14.9 Å². The molecule has 0 aliphatic rings. The Hall–Kier alpha value is -2.13. The third kappa shape index (κ3) is 5.82. The fourth-order valence-electron chi connectivity index (χ4n) is 1.93. The van der Waals surface area contributed by atoms with Crippen molar-refractivity contribution in [3.8, 4) is 0 Å². The van der Waals surface area contributed by atoms with E-state index in [4.69, 9.17) is 5.11 Å². The number of carbonyl (C=O) groups is 2. The molecule has 0 aromatic heterocycles. The van der Waals surface area contributed by atoms with E-state index in [2.05, 4.69) is 10.6 Å². The summed E-state index contributed by atoms with van der Waals surface area (Å²) in [5.41, 5.74) is 0.651. The van der Waals surface area contributed by atoms with Gasteiger partial charge in [0, 0.05) is 27.1 Å². The normalized spacial score (nSPS) is 12.7. The van der Waals surface area contributed by atoms with E-state index in [1.54, 1.807) is 19.1 Å². The Labute approximate surface area is 141 Å². The lowest BCUT2D eigenvalue weighted by Crippen LogP contribution is -2.37. The average Bonchev–Trinajstić information content (AvgIpc) is 2.51. The van der Waals surface area contributed by atoms with E-state index >= 15 is 0 Å². The van der Waals surface area contributed by atoms with Crippen LogP contribution in [0.3, 0.4) is 0 Å². The molecule has 8 nitrogen and oxygen atoms in total. The van der Waals surface area contributed by atoms with Crippen LogP contribution >= 0.6 is 0 Å². The van der Waals surface area contributed by atoms with Gasteiger partial charge in [-0.15, -0.1) is 0 Å². The van der Waals surface area contributed by atoms with E-state index in [1.807, 2.05) is 0 Å². The highest BCUT2D eigenvalue weighted by Crippen LogP contribution is 2.19. The number of benzene rings is 1. The van der Waals surface area contributed by atoms with E-state index in [0.29, 0.717) is 12.0 Å². The molecular formula is C15H23N3O5S. The predicted octanol–water partition coefficient (Wildman–Crippen LogP) is 1.16. The molecule has 0 saturated heterocycles. The molecule has 0 saturated carbocycles. The molecule has 0 aliphatic heterocycles. The molecule has 3 N–H and O–H groups in total. The van der Waals surface area contributed by atoms with Crippen LogP contribution in [0, 0.1) is 0 Å². The fraction of sp³-hybridized carbons (Fsp3) is 0.467. The van der Waals surface area contributed by atoms with Crippen LogP contribution in [0.15, 0.2) is 29.2 Å². The second-order valence-electron chi connectivity index (χ2n) is 5.48. The molecule has 0 radical (unpaired) electrons. The minimum absolute atomic E-state index is 0.0136. The second kappa shape index (κ2) is 8.65. The Balaban J connectivity index is 2.67. The molecule has 1 aromatic carbocycles. The first-order chi connectivity index (χ1) is 11.1. The third-order valence-electron chi connectivity index (χ3n) is 3.34. The minimum Gasteiger partial charge on any atom is -0.481 e. The van der Waals surface area contributed by atoms with E-state index in [0.717, 1.165) is 4.31 Å². The molecule has 1 atom stereocenters. The average molecular weight is 357 g/mol. The topological polar surface area (TPSA) is 116 Å². The summed E-state index contributed by atoms with van der Waals surface area (Å²) >= 11 is 0. The van der Waals surface area contributed by atoms with Crippen LogP contribution in [0.4, 0.5) is 4.79 Å². The number of carbonyl (C=O) groups excluding carboxylic acids is 1. The predicted molar refractivity (Wildman–Crippen MR) is 89.1 cm³/mol. The van der Waals surface area contributed by atoms with Gasteiger partial charge in [0.25, 0.3) is 0 Å². The number of urea groups is 1. The van der Waals surface area contributed by atoms with Gasteiger partial charge in [0.2, 0.25) is 10.0 Å². The van der Waals surface area contributed by atoms with Gasteiger partial charge in [-0.3, -0.25) is 4.79 Å². The number of nitrogens with one attached hydrogen (secondary N) is 2. The van der Waals surface area contributed by atoms with Crippen LogP contribution < -0.4 is 10.6 Å². The number of rotatable bonds is 8. The Kier molecular flexibility index (Phi) is 7.18. The summed E-state index contributed by atoms with van der Waals surface area (Å²) in [4.78, 5) is 22.3. The maximum absolute atomic E-state index is 12.1. The van der Waals surface area contributed by atoms with Crippen molar-refractivity contribution in [3.05, 3.63) is 29.8 Å². The molecule has 0 bridgehead atoms. The maximum atomic E-state index is 12.1. The van der Waals surface area contributed by atoms with Crippen LogP contribution in [0.2, 0.25) is 0 Å². The number of aliphatic carboxylic acids is 1. The smallest absolute Gasteiger partial charge is 0.315 e. The van der Waals surface area contributed by atoms with Crippen LogP contribution in [0.25, 0.3) is 0 Å². The molecule has 0 fully saturated rings. The van der Waals surface area contributed by atoms with Crippen molar-refractivity contribution in [1.29, 1.82) is 0 Å². The zero-order valence-electron chi connectivity index (χ0n) is 13.9. The quantitative estimate of drug-likeness (QED) is 0.604. The van der Waals surface area contributed by atoms with Gasteiger partial charge in [-0.05, 0) is 31.0 Å². The molecule has 0 heterocycles. The highest BCUT2D eigenvalue weighted by Gasteiger charge is 2.18. The molecule has 0 aliphatic carbocycles. The van der Waals surface area contributed by atoms with E-state index in [-0.39, 0.29) is 17.9 Å². The lowest BCUT2D eigenvalue weighted by molar-refractivity contribution is -0.137. The molecule has 1 rings (SSSR count). The summed E-state index contributed by atoms with van der Waals surface area (Å²) < 4.78 is 25.4. The Bertz CT molecular complexity index is 688. The van der Waals surface area contributed by atoms with Crippen molar-refractivity contribution < 1.29 is 23.1 Å². The molecule has 1 unspecified atom stereocenters. The Morgan fingerprint density at radius 1 is 1.29 bits per heavy atom. The summed E-state index contributed by atoms with van der Waals surface area (Å²) in [5, 5.41) is 13.8. The molecule has 1 aromatic rings. The first kappa shape index (κ1) is 19.9. The number of hydrogen-bond acceptors (Lipinski definition) is 4. The fourth-order valence-corrected chi connectivity index (χ4v) is 2.88. The SMILES string of the molecule is CC(NC(=O)NCCCC(=O)O)c1cccc(S(=O)(=O)N(C)C)c1. The molecule has 24 heavy (non-hydrogen) atoms. The van der Waals surface area contributed by atoms with Crippen LogP contribution in [-0.2, 0) is 14.8 Å². The Morgan fingerprint density at radius 2 is 1.96 bits per heavy atom. The van der Waals surface area contributed by atoms with Gasteiger partial charge in [-0.25, -0.2) is 17.5 Å². The van der Waals surface area contributed by atoms with Gasteiger partial charge in [-0.1, -0.05) is 12.1 Å². The van der Waals surface area contributed by atoms with Gasteiger partial charge in [-0.2, -0.15) is 0 Å². The van der Waals surface area contributed by atoms with Crippen molar-refractivity contribution >= 4 is 22.0 Å². The number of carboxylic acid groups (broad SMARTS) is 1. The van der Waals surface area contributed by atoms with E-state index in [9.17, 15) is 18.0 Å². The lowest BCUT2D eigenvalue weighted by atomic mass is 10.1. The number of nitrogens with zero attached hydrogens (tertiary/aromatic N) is 1. The van der Waals surface area contributed by atoms with Gasteiger partial charge < -0.3 is 15.7 Å². The second-order valence-corrected chi connectivity index (χ2v) is 7.63. The largest absolute Gasteiger partial charge is 0.481 e. The molecule has 134 valence electrons. The first-order valence-electron chi connectivity index (χ1n) is 7.43. The van der Waals surface area contributed by atoms with Crippen LogP contribution in [-0.4, -0.2) is 50.5 Å². The molecule has 2 amide bonds. The summed E-state index contributed by atoms with van der Waals surface area (Å²) in [7, 11) is -0.632. The van der Waals surface area contributed by atoms with Crippen molar-refractivity contribution in [3.63, 3.8) is 0 Å². The van der Waals surface area contributed by atoms with Crippen molar-refractivity contribution in [2.24, 2.45) is 0 Å². The Morgan fingerprint density at radius 3 is 2.54 bits per heavy atom. The molecule has 9 heteroatoms.